The van der Waals surface area contributed by atoms with Crippen molar-refractivity contribution in [2.75, 3.05) is 23.7 Å². The van der Waals surface area contributed by atoms with Crippen molar-refractivity contribution in [3.05, 3.63) is 64.2 Å². The van der Waals surface area contributed by atoms with Gasteiger partial charge in [0, 0.05) is 30.4 Å². The summed E-state index contributed by atoms with van der Waals surface area (Å²) in [6.07, 6.45) is 0.955. The van der Waals surface area contributed by atoms with Crippen LogP contribution in [0.25, 0.3) is 0 Å². The summed E-state index contributed by atoms with van der Waals surface area (Å²) in [7, 11) is -3.47. The van der Waals surface area contributed by atoms with Gasteiger partial charge in [-0.2, -0.15) is 4.31 Å². The molecule has 0 radical (unpaired) electrons. The van der Waals surface area contributed by atoms with E-state index >= 15 is 0 Å². The Labute approximate surface area is 188 Å². The van der Waals surface area contributed by atoms with E-state index in [0.717, 1.165) is 0 Å². The molecule has 3 heterocycles. The molecule has 2 aromatic heterocycles. The van der Waals surface area contributed by atoms with Crippen molar-refractivity contribution in [2.24, 2.45) is 5.92 Å². The Morgan fingerprint density at radius 3 is 2.06 bits per heavy atom. The number of hydrogen-bond donors (Lipinski definition) is 2. The molecular weight excluding hydrogens is 454 g/mol. The van der Waals surface area contributed by atoms with E-state index in [1.165, 1.54) is 27.0 Å². The summed E-state index contributed by atoms with van der Waals surface area (Å²) < 4.78 is 27.0. The third kappa shape index (κ3) is 5.04. The minimum Gasteiger partial charge on any atom is -0.326 e. The van der Waals surface area contributed by atoms with E-state index in [-0.39, 0.29) is 17.7 Å². The Hall–Kier alpha value is -2.53. The first kappa shape index (κ1) is 21.7. The highest BCUT2D eigenvalue weighted by atomic mass is 32.2. The standard InChI is InChI=1S/C21H21N3O4S3/c25-20(15-9-11-24(12-10-15)31(27,28)19-4-2-14-30-19)22-16-5-7-17(8-6-16)23-21(26)18-3-1-13-29-18/h1-8,13-15H,9-12H2,(H,22,25)(H,23,26). The summed E-state index contributed by atoms with van der Waals surface area (Å²) in [5, 5.41) is 9.29. The van der Waals surface area contributed by atoms with Crippen molar-refractivity contribution in [3.63, 3.8) is 0 Å². The number of sulfonamides is 1. The van der Waals surface area contributed by atoms with Crippen LogP contribution in [0.3, 0.4) is 0 Å². The summed E-state index contributed by atoms with van der Waals surface area (Å²) in [5.41, 5.74) is 1.27. The molecule has 1 fully saturated rings. The van der Waals surface area contributed by atoms with Crippen LogP contribution in [0.1, 0.15) is 22.5 Å². The summed E-state index contributed by atoms with van der Waals surface area (Å²) >= 11 is 2.57. The monoisotopic (exact) mass is 475 g/mol. The fourth-order valence-corrected chi connectivity index (χ4v) is 6.61. The molecule has 7 nitrogen and oxygen atoms in total. The van der Waals surface area contributed by atoms with Crippen LogP contribution < -0.4 is 10.6 Å². The molecule has 1 aromatic carbocycles. The zero-order chi connectivity index (χ0) is 21.8. The number of benzene rings is 1. The Morgan fingerprint density at radius 2 is 1.48 bits per heavy atom. The fourth-order valence-electron chi connectivity index (χ4n) is 3.38. The Morgan fingerprint density at radius 1 is 0.871 bits per heavy atom. The second-order valence-electron chi connectivity index (χ2n) is 7.11. The number of carbonyl (C=O) groups excluding carboxylic acids is 2. The lowest BCUT2D eigenvalue weighted by molar-refractivity contribution is -0.120. The van der Waals surface area contributed by atoms with Gasteiger partial charge in [-0.3, -0.25) is 9.59 Å². The van der Waals surface area contributed by atoms with Crippen LogP contribution in [-0.2, 0) is 14.8 Å². The third-order valence-electron chi connectivity index (χ3n) is 5.07. The van der Waals surface area contributed by atoms with E-state index in [1.54, 1.807) is 47.8 Å². The first-order chi connectivity index (χ1) is 14.9. The number of carbonyl (C=O) groups is 2. The lowest BCUT2D eigenvalue weighted by atomic mass is 9.97. The Bertz CT molecular complexity index is 1130. The highest BCUT2D eigenvalue weighted by Crippen LogP contribution is 2.27. The molecular formula is C21H21N3O4S3. The SMILES string of the molecule is O=C(Nc1ccc(NC(=O)C2CCN(S(=O)(=O)c3cccs3)CC2)cc1)c1cccs1. The van der Waals surface area contributed by atoms with Gasteiger partial charge in [0.15, 0.2) is 0 Å². The van der Waals surface area contributed by atoms with Crippen LogP contribution in [0.2, 0.25) is 0 Å². The van der Waals surface area contributed by atoms with Gasteiger partial charge in [-0.15, -0.1) is 22.7 Å². The van der Waals surface area contributed by atoms with Crippen molar-refractivity contribution >= 4 is 55.9 Å². The maximum Gasteiger partial charge on any atom is 0.265 e. The van der Waals surface area contributed by atoms with E-state index < -0.39 is 10.0 Å². The number of hydrogen-bond acceptors (Lipinski definition) is 6. The van der Waals surface area contributed by atoms with Crippen LogP contribution in [0.15, 0.2) is 63.5 Å². The molecule has 10 heteroatoms. The molecule has 0 aliphatic carbocycles. The number of thiophene rings is 2. The molecule has 1 aliphatic heterocycles. The Balaban J connectivity index is 1.29. The van der Waals surface area contributed by atoms with Gasteiger partial charge in [0.1, 0.15) is 4.21 Å². The van der Waals surface area contributed by atoms with Crippen LogP contribution in [0, 0.1) is 5.92 Å². The summed E-state index contributed by atoms with van der Waals surface area (Å²) in [5.74, 6) is -0.535. The second kappa shape index (κ2) is 9.31. The van der Waals surface area contributed by atoms with Crippen LogP contribution in [0.4, 0.5) is 11.4 Å². The lowest BCUT2D eigenvalue weighted by Gasteiger charge is -2.30. The van der Waals surface area contributed by atoms with Crippen molar-refractivity contribution in [3.8, 4) is 0 Å². The van der Waals surface area contributed by atoms with Crippen LogP contribution in [-0.4, -0.2) is 37.6 Å². The summed E-state index contributed by atoms with van der Waals surface area (Å²) in [6, 6.07) is 13.8. The number of anilines is 2. The molecule has 1 saturated heterocycles. The van der Waals surface area contributed by atoms with Gasteiger partial charge < -0.3 is 10.6 Å². The molecule has 2 N–H and O–H groups in total. The molecule has 4 rings (SSSR count). The van der Waals surface area contributed by atoms with Crippen molar-refractivity contribution in [2.45, 2.75) is 17.1 Å². The van der Waals surface area contributed by atoms with Gasteiger partial charge in [-0.25, -0.2) is 8.42 Å². The van der Waals surface area contributed by atoms with E-state index in [4.69, 9.17) is 0 Å². The quantitative estimate of drug-likeness (QED) is 0.561. The normalized spacial score (nSPS) is 15.5. The van der Waals surface area contributed by atoms with Gasteiger partial charge in [0.2, 0.25) is 5.91 Å². The molecule has 0 atom stereocenters. The van der Waals surface area contributed by atoms with Crippen molar-refractivity contribution in [1.29, 1.82) is 0 Å². The highest BCUT2D eigenvalue weighted by Gasteiger charge is 2.32. The van der Waals surface area contributed by atoms with Crippen LogP contribution in [0.5, 0.6) is 0 Å². The van der Waals surface area contributed by atoms with E-state index in [9.17, 15) is 18.0 Å². The summed E-state index contributed by atoms with van der Waals surface area (Å²) in [6.45, 7) is 0.651. The Kier molecular flexibility index (Phi) is 6.51. The summed E-state index contributed by atoms with van der Waals surface area (Å²) in [4.78, 5) is 25.4. The smallest absolute Gasteiger partial charge is 0.265 e. The average molecular weight is 476 g/mol. The van der Waals surface area contributed by atoms with E-state index in [1.807, 2.05) is 11.4 Å². The minimum atomic E-state index is -3.47. The predicted molar refractivity (Wildman–Crippen MR) is 123 cm³/mol. The fraction of sp³-hybridized carbons (Fsp3) is 0.238. The average Bonchev–Trinajstić information content (AvgIpc) is 3.50. The zero-order valence-corrected chi connectivity index (χ0v) is 18.9. The first-order valence-electron chi connectivity index (χ1n) is 9.73. The first-order valence-corrected chi connectivity index (χ1v) is 12.9. The number of nitrogens with one attached hydrogen (secondary N) is 2. The number of rotatable bonds is 6. The third-order valence-corrected chi connectivity index (χ3v) is 9.21. The highest BCUT2D eigenvalue weighted by molar-refractivity contribution is 7.91. The molecule has 31 heavy (non-hydrogen) atoms. The topological polar surface area (TPSA) is 95.6 Å². The molecule has 0 bridgehead atoms. The maximum absolute atomic E-state index is 12.6. The maximum atomic E-state index is 12.6. The van der Waals surface area contributed by atoms with Gasteiger partial charge in [0.25, 0.3) is 15.9 Å². The molecule has 0 spiro atoms. The van der Waals surface area contributed by atoms with E-state index in [0.29, 0.717) is 46.4 Å². The molecule has 0 unspecified atom stereocenters. The molecule has 3 aromatic rings. The van der Waals surface area contributed by atoms with Crippen molar-refractivity contribution < 1.29 is 18.0 Å². The van der Waals surface area contributed by atoms with Crippen LogP contribution >= 0.6 is 22.7 Å². The van der Waals surface area contributed by atoms with Gasteiger partial charge in [0.05, 0.1) is 4.88 Å². The number of nitrogens with zero attached hydrogens (tertiary/aromatic N) is 1. The lowest BCUT2D eigenvalue weighted by Crippen LogP contribution is -2.41. The molecule has 2 amide bonds. The molecule has 162 valence electrons. The van der Waals surface area contributed by atoms with E-state index in [2.05, 4.69) is 10.6 Å². The molecule has 0 saturated carbocycles. The largest absolute Gasteiger partial charge is 0.326 e. The zero-order valence-electron chi connectivity index (χ0n) is 16.5. The van der Waals surface area contributed by atoms with Gasteiger partial charge in [-0.05, 0) is 60.0 Å². The van der Waals surface area contributed by atoms with Gasteiger partial charge in [-0.1, -0.05) is 12.1 Å². The number of piperidine rings is 1. The minimum absolute atomic E-state index is 0.122. The van der Waals surface area contributed by atoms with Gasteiger partial charge >= 0.3 is 0 Å². The number of amides is 2. The second-order valence-corrected chi connectivity index (χ2v) is 11.2. The predicted octanol–water partition coefficient (Wildman–Crippen LogP) is 4.10. The van der Waals surface area contributed by atoms with Crippen molar-refractivity contribution in [1.82, 2.24) is 4.31 Å². The molecule has 1 aliphatic rings.